The van der Waals surface area contributed by atoms with Crippen molar-refractivity contribution < 1.29 is 13.2 Å². The monoisotopic (exact) mass is 411 g/mol. The molecule has 3 aromatic carbocycles. The first kappa shape index (κ1) is 20.9. The van der Waals surface area contributed by atoms with E-state index < -0.39 is 10.0 Å². The molecule has 0 heterocycles. The summed E-state index contributed by atoms with van der Waals surface area (Å²) in [6.07, 6.45) is 0.455. The molecular formula is C22H25N3O3S. The molecule has 3 aromatic rings. The fraction of sp³-hybridized carbons (Fsp3) is 0.182. The lowest BCUT2D eigenvalue weighted by atomic mass is 9.99. The van der Waals surface area contributed by atoms with Crippen molar-refractivity contribution in [2.75, 3.05) is 11.9 Å². The zero-order valence-corrected chi connectivity index (χ0v) is 17.0. The molecular weight excluding hydrogens is 386 g/mol. The van der Waals surface area contributed by atoms with Gasteiger partial charge in [-0.2, -0.15) is 0 Å². The quantitative estimate of drug-likeness (QED) is 0.523. The molecule has 29 heavy (non-hydrogen) atoms. The molecule has 6 nitrogen and oxygen atoms in total. The maximum atomic E-state index is 12.3. The number of hydrogen-bond donors (Lipinski definition) is 3. The summed E-state index contributed by atoms with van der Waals surface area (Å²) in [4.78, 5) is -0.0740. The predicted molar refractivity (Wildman–Crippen MR) is 116 cm³/mol. The lowest BCUT2D eigenvalue weighted by molar-refractivity contribution is 0.469. The Bertz CT molecular complexity index is 1060. The highest BCUT2D eigenvalue weighted by Crippen LogP contribution is 2.37. The summed E-state index contributed by atoms with van der Waals surface area (Å²) in [6, 6.07) is 21.8. The normalized spacial score (nSPS) is 12.4. The summed E-state index contributed by atoms with van der Waals surface area (Å²) >= 11 is 0. The van der Waals surface area contributed by atoms with Crippen LogP contribution in [0.4, 0.5) is 5.69 Å². The highest BCUT2D eigenvalue weighted by molar-refractivity contribution is 7.89. The van der Waals surface area contributed by atoms with Crippen LogP contribution in [-0.2, 0) is 16.4 Å². The number of benzene rings is 3. The van der Waals surface area contributed by atoms with Gasteiger partial charge in [-0.25, -0.2) is 13.6 Å². The van der Waals surface area contributed by atoms with Crippen LogP contribution in [0.2, 0.25) is 0 Å². The van der Waals surface area contributed by atoms with E-state index in [1.54, 1.807) is 12.1 Å². The summed E-state index contributed by atoms with van der Waals surface area (Å²) < 4.78 is 30.6. The van der Waals surface area contributed by atoms with Gasteiger partial charge in [0.1, 0.15) is 10.6 Å². The third-order valence-corrected chi connectivity index (χ3v) is 5.35. The molecule has 0 amide bonds. The Morgan fingerprint density at radius 2 is 1.62 bits per heavy atom. The highest BCUT2D eigenvalue weighted by atomic mass is 32.2. The Morgan fingerprint density at radius 1 is 1.00 bits per heavy atom. The molecule has 1 atom stereocenters. The molecule has 0 saturated carbocycles. The van der Waals surface area contributed by atoms with E-state index in [-0.39, 0.29) is 16.7 Å². The number of nitrogens with two attached hydrogens (primary N) is 2. The fourth-order valence-corrected chi connectivity index (χ4v) is 3.82. The number of sulfonamides is 1. The van der Waals surface area contributed by atoms with Crippen molar-refractivity contribution in [2.45, 2.75) is 24.3 Å². The number of anilines is 1. The second-order valence-corrected chi connectivity index (χ2v) is 8.21. The largest absolute Gasteiger partial charge is 0.454 e. The fourth-order valence-electron chi connectivity index (χ4n) is 3.09. The lowest BCUT2D eigenvalue weighted by Crippen LogP contribution is -2.17. The molecule has 0 spiro atoms. The Hall–Kier alpha value is -2.87. The minimum Gasteiger partial charge on any atom is -0.454 e. The maximum Gasteiger partial charge on any atom is 0.241 e. The summed E-state index contributed by atoms with van der Waals surface area (Å²) in [5.74, 6) is 0.697. The number of primary sulfonamides is 1. The van der Waals surface area contributed by atoms with Crippen molar-refractivity contribution in [3.05, 3.63) is 83.9 Å². The van der Waals surface area contributed by atoms with Crippen molar-refractivity contribution in [1.82, 2.24) is 0 Å². The zero-order chi connectivity index (χ0) is 20.9. The van der Waals surface area contributed by atoms with Crippen LogP contribution in [0.1, 0.15) is 24.1 Å². The molecule has 152 valence electrons. The SMILES string of the molecule is CCNc1cc(CC(N)c2ccccc2)cc(S(N)(=O)=O)c1Oc1ccccc1. The van der Waals surface area contributed by atoms with Crippen molar-refractivity contribution in [2.24, 2.45) is 10.9 Å². The zero-order valence-electron chi connectivity index (χ0n) is 16.2. The van der Waals surface area contributed by atoms with Gasteiger partial charge in [0.2, 0.25) is 10.0 Å². The number of ether oxygens (including phenoxy) is 1. The van der Waals surface area contributed by atoms with Gasteiger partial charge in [-0.15, -0.1) is 0 Å². The van der Waals surface area contributed by atoms with Gasteiger partial charge < -0.3 is 15.8 Å². The Morgan fingerprint density at radius 3 is 2.21 bits per heavy atom. The number of hydrogen-bond acceptors (Lipinski definition) is 5. The van der Waals surface area contributed by atoms with Gasteiger partial charge in [-0.3, -0.25) is 0 Å². The minimum absolute atomic E-state index is 0.0740. The van der Waals surface area contributed by atoms with Gasteiger partial charge in [0.15, 0.2) is 5.75 Å². The molecule has 0 aromatic heterocycles. The third-order valence-electron chi connectivity index (χ3n) is 4.43. The summed E-state index contributed by atoms with van der Waals surface area (Å²) in [6.45, 7) is 2.51. The van der Waals surface area contributed by atoms with E-state index in [0.717, 1.165) is 11.1 Å². The van der Waals surface area contributed by atoms with Gasteiger partial charge in [0.05, 0.1) is 5.69 Å². The average Bonchev–Trinajstić information content (AvgIpc) is 2.70. The molecule has 0 bridgehead atoms. The third kappa shape index (κ3) is 5.35. The number of para-hydroxylation sites is 1. The minimum atomic E-state index is -4.02. The molecule has 0 fully saturated rings. The molecule has 0 aliphatic heterocycles. The first-order valence-corrected chi connectivity index (χ1v) is 10.9. The van der Waals surface area contributed by atoms with Gasteiger partial charge in [-0.05, 0) is 48.7 Å². The molecule has 1 unspecified atom stereocenters. The Kier molecular flexibility index (Phi) is 6.53. The van der Waals surface area contributed by atoms with Crippen molar-refractivity contribution in [3.8, 4) is 11.5 Å². The van der Waals surface area contributed by atoms with Crippen molar-refractivity contribution in [3.63, 3.8) is 0 Å². The standard InChI is InChI=1S/C22H25N3O3S/c1-2-25-20-14-16(13-19(23)17-9-5-3-6-10-17)15-21(29(24,26)27)22(20)28-18-11-7-4-8-12-18/h3-12,14-15,19,25H,2,13,23H2,1H3,(H2,24,26,27). The van der Waals surface area contributed by atoms with Crippen LogP contribution >= 0.6 is 0 Å². The first-order chi connectivity index (χ1) is 13.9. The summed E-state index contributed by atoms with van der Waals surface area (Å²) in [7, 11) is -4.02. The van der Waals surface area contributed by atoms with Crippen LogP contribution in [0.3, 0.4) is 0 Å². The summed E-state index contributed by atoms with van der Waals surface area (Å²) in [5.41, 5.74) is 8.62. The number of rotatable bonds is 8. The van der Waals surface area contributed by atoms with Crippen molar-refractivity contribution in [1.29, 1.82) is 0 Å². The molecule has 0 saturated heterocycles. The van der Waals surface area contributed by atoms with E-state index in [1.807, 2.05) is 61.5 Å². The first-order valence-electron chi connectivity index (χ1n) is 9.35. The molecule has 0 aliphatic rings. The maximum absolute atomic E-state index is 12.3. The molecule has 7 heteroatoms. The van der Waals surface area contributed by atoms with Crippen LogP contribution in [0, 0.1) is 0 Å². The van der Waals surface area contributed by atoms with E-state index in [4.69, 9.17) is 15.6 Å². The molecule has 0 radical (unpaired) electrons. The van der Waals surface area contributed by atoms with Crippen LogP contribution < -0.4 is 20.9 Å². The lowest BCUT2D eigenvalue weighted by Gasteiger charge is -2.19. The number of nitrogens with one attached hydrogen (secondary N) is 1. The topological polar surface area (TPSA) is 107 Å². The van der Waals surface area contributed by atoms with Crippen LogP contribution in [0.15, 0.2) is 77.7 Å². The van der Waals surface area contributed by atoms with Gasteiger partial charge in [-0.1, -0.05) is 48.5 Å². The highest BCUT2D eigenvalue weighted by Gasteiger charge is 2.22. The van der Waals surface area contributed by atoms with E-state index >= 15 is 0 Å². The van der Waals surface area contributed by atoms with E-state index in [2.05, 4.69) is 5.32 Å². The second-order valence-electron chi connectivity index (χ2n) is 6.68. The molecule has 0 aliphatic carbocycles. The van der Waals surface area contributed by atoms with Gasteiger partial charge >= 0.3 is 0 Å². The summed E-state index contributed by atoms with van der Waals surface area (Å²) in [5, 5.41) is 8.70. The predicted octanol–water partition coefficient (Wildman–Crippen LogP) is 3.80. The van der Waals surface area contributed by atoms with Gasteiger partial charge in [0, 0.05) is 12.6 Å². The molecule has 5 N–H and O–H groups in total. The Labute approximate surface area is 171 Å². The van der Waals surface area contributed by atoms with Gasteiger partial charge in [0.25, 0.3) is 0 Å². The van der Waals surface area contributed by atoms with E-state index in [9.17, 15) is 8.42 Å². The molecule has 3 rings (SSSR count). The van der Waals surface area contributed by atoms with Crippen molar-refractivity contribution >= 4 is 15.7 Å². The Balaban J connectivity index is 2.04. The second kappa shape index (κ2) is 9.09. The van der Waals surface area contributed by atoms with E-state index in [1.165, 1.54) is 6.07 Å². The van der Waals surface area contributed by atoms with Crippen LogP contribution in [0.25, 0.3) is 0 Å². The smallest absolute Gasteiger partial charge is 0.241 e. The van der Waals surface area contributed by atoms with Crippen LogP contribution in [0.5, 0.6) is 11.5 Å². The van der Waals surface area contributed by atoms with E-state index in [0.29, 0.717) is 24.4 Å². The average molecular weight is 412 g/mol. The van der Waals surface area contributed by atoms with Crippen LogP contribution in [-0.4, -0.2) is 15.0 Å².